The fraction of sp³-hybridized carbons (Fsp3) is 0.360. The molecule has 3 heteroatoms. The molecule has 0 amide bonds. The van der Waals surface area contributed by atoms with E-state index in [2.05, 4.69) is 182 Å². The Morgan fingerprint density at radius 1 is 0.717 bits per heavy atom. The standard InChI is InChI=1S/C50H53BN2/c1-28(2)43-38-22-31-18-14-15-19-35(31)44-48(38)53(46(43)29(3)4)42-24-32(30-16-12-11-13-17-30)23-41-45(42)51(44)39-27-34(50(8,9)10)26-37-36-25-33(49(5,6)7)20-21-40(36)52(41)47(37)39/h11-29,35,37,44,47H,1-10H3. The van der Waals surface area contributed by atoms with E-state index in [-0.39, 0.29) is 23.6 Å². The maximum atomic E-state index is 2.79. The molecule has 4 unspecified atom stereocenters. The van der Waals surface area contributed by atoms with Crippen molar-refractivity contribution in [2.24, 2.45) is 11.3 Å². The SMILES string of the molecule is CC(C)c1c2c3n(c1C(C)C)-c1cc(-c4ccccc4)cc4c1B(C1=CC(C(C)(C)C)=CC5c6cc(C(C)(C)C)ccc6N4C15)C3C1C=CC=CC1=C2. The van der Waals surface area contributed by atoms with E-state index in [1.165, 1.54) is 72.7 Å². The molecule has 4 aromatic rings. The minimum Gasteiger partial charge on any atom is -0.334 e. The van der Waals surface area contributed by atoms with Gasteiger partial charge >= 0.3 is 0 Å². The molecule has 4 atom stereocenters. The van der Waals surface area contributed by atoms with Crippen molar-refractivity contribution in [2.75, 3.05) is 4.90 Å². The first-order valence-corrected chi connectivity index (χ1v) is 20.2. The normalized spacial score (nSPS) is 23.0. The number of rotatable bonds is 3. The molecule has 0 saturated heterocycles. The van der Waals surface area contributed by atoms with Gasteiger partial charge in [0.2, 0.25) is 6.71 Å². The van der Waals surface area contributed by atoms with Crippen LogP contribution in [-0.4, -0.2) is 17.3 Å². The van der Waals surface area contributed by atoms with E-state index >= 15 is 0 Å². The fourth-order valence-corrected chi connectivity index (χ4v) is 11.0. The lowest BCUT2D eigenvalue weighted by Crippen LogP contribution is -2.59. The van der Waals surface area contributed by atoms with Crippen LogP contribution in [0.5, 0.6) is 0 Å². The summed E-state index contributed by atoms with van der Waals surface area (Å²) in [6, 6.07) is 23.9. The highest BCUT2D eigenvalue weighted by Gasteiger charge is 2.58. The molecular formula is C50H53BN2. The van der Waals surface area contributed by atoms with Crippen molar-refractivity contribution >= 4 is 29.6 Å². The Kier molecular flexibility index (Phi) is 6.89. The lowest BCUT2D eigenvalue weighted by molar-refractivity contribution is 0.505. The first-order chi connectivity index (χ1) is 25.2. The van der Waals surface area contributed by atoms with E-state index in [4.69, 9.17) is 0 Å². The van der Waals surface area contributed by atoms with Crippen LogP contribution >= 0.6 is 0 Å². The van der Waals surface area contributed by atoms with E-state index in [1.807, 2.05) is 0 Å². The van der Waals surface area contributed by atoms with Crippen LogP contribution in [0.3, 0.4) is 0 Å². The second-order valence-corrected chi connectivity index (χ2v) is 19.3. The minimum atomic E-state index is 0.0360. The highest BCUT2D eigenvalue weighted by Crippen LogP contribution is 2.60. The quantitative estimate of drug-likeness (QED) is 0.194. The summed E-state index contributed by atoms with van der Waals surface area (Å²) in [5, 5.41) is 0. The summed E-state index contributed by atoms with van der Waals surface area (Å²) in [6.07, 6.45) is 17.4. The molecule has 3 aliphatic carbocycles. The summed E-state index contributed by atoms with van der Waals surface area (Å²) in [6.45, 7) is 24.2. The van der Waals surface area contributed by atoms with Crippen molar-refractivity contribution in [1.82, 2.24) is 4.57 Å². The van der Waals surface area contributed by atoms with Gasteiger partial charge in [-0.25, -0.2) is 0 Å². The van der Waals surface area contributed by atoms with Crippen LogP contribution in [0, 0.1) is 11.3 Å². The number of hydrogen-bond donors (Lipinski definition) is 0. The highest BCUT2D eigenvalue weighted by molar-refractivity contribution is 6.84. The Morgan fingerprint density at radius 2 is 1.47 bits per heavy atom. The predicted octanol–water partition coefficient (Wildman–Crippen LogP) is 12.2. The summed E-state index contributed by atoms with van der Waals surface area (Å²) in [7, 11) is 0. The molecule has 0 saturated carbocycles. The van der Waals surface area contributed by atoms with Crippen LogP contribution in [-0.2, 0) is 5.41 Å². The van der Waals surface area contributed by atoms with Gasteiger partial charge in [-0.1, -0.05) is 154 Å². The van der Waals surface area contributed by atoms with Crippen molar-refractivity contribution in [3.63, 3.8) is 0 Å². The number of allylic oxidation sites excluding steroid dienone is 7. The number of fused-ring (bicyclic) bond motifs is 9. The summed E-state index contributed by atoms with van der Waals surface area (Å²) >= 11 is 0. The molecule has 0 bridgehead atoms. The van der Waals surface area contributed by atoms with E-state index in [1.54, 1.807) is 11.2 Å². The summed E-state index contributed by atoms with van der Waals surface area (Å²) < 4.78 is 2.79. The van der Waals surface area contributed by atoms with Gasteiger partial charge in [-0.15, -0.1) is 0 Å². The average molecular weight is 693 g/mol. The lowest BCUT2D eigenvalue weighted by atomic mass is 9.25. The second-order valence-electron chi connectivity index (χ2n) is 19.3. The monoisotopic (exact) mass is 692 g/mol. The van der Waals surface area contributed by atoms with E-state index < -0.39 is 0 Å². The number of hydrogen-bond acceptors (Lipinski definition) is 1. The lowest BCUT2D eigenvalue weighted by Gasteiger charge is -2.51. The number of benzene rings is 3. The van der Waals surface area contributed by atoms with Crippen LogP contribution in [0.15, 0.2) is 114 Å². The third-order valence-electron chi connectivity index (χ3n) is 13.4. The van der Waals surface area contributed by atoms with Crippen molar-refractivity contribution in [3.05, 3.63) is 147 Å². The third kappa shape index (κ3) is 4.52. The van der Waals surface area contributed by atoms with Gasteiger partial charge in [0.15, 0.2) is 0 Å². The van der Waals surface area contributed by atoms with Gasteiger partial charge in [-0.2, -0.15) is 0 Å². The predicted molar refractivity (Wildman–Crippen MR) is 227 cm³/mol. The maximum Gasteiger partial charge on any atom is 0.222 e. The summed E-state index contributed by atoms with van der Waals surface area (Å²) in [5.74, 6) is 1.73. The van der Waals surface area contributed by atoms with Crippen LogP contribution in [0.2, 0.25) is 0 Å². The van der Waals surface area contributed by atoms with Crippen molar-refractivity contribution in [1.29, 1.82) is 0 Å². The zero-order valence-corrected chi connectivity index (χ0v) is 33.3. The minimum absolute atomic E-state index is 0.0360. The van der Waals surface area contributed by atoms with Crippen molar-refractivity contribution in [3.8, 4) is 16.8 Å². The van der Waals surface area contributed by atoms with Crippen LogP contribution < -0.4 is 10.4 Å². The van der Waals surface area contributed by atoms with Gasteiger partial charge in [0.25, 0.3) is 0 Å². The maximum absolute atomic E-state index is 2.79. The summed E-state index contributed by atoms with van der Waals surface area (Å²) in [5.41, 5.74) is 21.9. The zero-order valence-electron chi connectivity index (χ0n) is 33.3. The topological polar surface area (TPSA) is 8.17 Å². The first kappa shape index (κ1) is 33.1. The van der Waals surface area contributed by atoms with E-state index in [0.29, 0.717) is 29.5 Å². The van der Waals surface area contributed by atoms with Gasteiger partial charge in [0, 0.05) is 40.3 Å². The Hall–Kier alpha value is -4.50. The number of aromatic nitrogens is 1. The van der Waals surface area contributed by atoms with Crippen LogP contribution in [0.1, 0.15) is 126 Å². The molecule has 266 valence electrons. The molecule has 4 heterocycles. The molecule has 6 aliphatic rings. The Morgan fingerprint density at radius 3 is 2.17 bits per heavy atom. The van der Waals surface area contributed by atoms with Crippen LogP contribution in [0.25, 0.3) is 22.9 Å². The second kappa shape index (κ2) is 11.0. The third-order valence-corrected chi connectivity index (χ3v) is 13.4. The molecule has 3 aliphatic heterocycles. The Balaban J connectivity index is 1.37. The number of nitrogens with zero attached hydrogens (tertiary/aromatic N) is 2. The van der Waals surface area contributed by atoms with Crippen LogP contribution in [0.4, 0.5) is 11.4 Å². The zero-order chi connectivity index (χ0) is 36.9. The van der Waals surface area contributed by atoms with E-state index in [0.717, 1.165) is 0 Å². The van der Waals surface area contributed by atoms with Gasteiger partial charge < -0.3 is 9.47 Å². The molecule has 2 nitrogen and oxygen atoms in total. The van der Waals surface area contributed by atoms with E-state index in [9.17, 15) is 0 Å². The van der Waals surface area contributed by atoms with Gasteiger partial charge in [-0.3, -0.25) is 0 Å². The molecule has 0 spiro atoms. The molecule has 3 aromatic carbocycles. The van der Waals surface area contributed by atoms with Gasteiger partial charge in [0.05, 0.1) is 6.04 Å². The number of anilines is 2. The Labute approximate surface area is 317 Å². The molecule has 53 heavy (non-hydrogen) atoms. The van der Waals surface area contributed by atoms with Gasteiger partial charge in [0.1, 0.15) is 0 Å². The summed E-state index contributed by atoms with van der Waals surface area (Å²) in [4.78, 5) is 2.79. The molecule has 0 radical (unpaired) electrons. The molecule has 0 fully saturated rings. The van der Waals surface area contributed by atoms with Crippen molar-refractivity contribution in [2.45, 2.75) is 104 Å². The van der Waals surface area contributed by atoms with Gasteiger partial charge in [-0.05, 0) is 103 Å². The van der Waals surface area contributed by atoms with Crippen molar-refractivity contribution < 1.29 is 0 Å². The smallest absolute Gasteiger partial charge is 0.222 e. The largest absolute Gasteiger partial charge is 0.334 e. The molecule has 1 aromatic heterocycles. The molecular weight excluding hydrogens is 639 g/mol. The fourth-order valence-electron chi connectivity index (χ4n) is 11.0. The molecule has 0 N–H and O–H groups in total. The average Bonchev–Trinajstić information content (AvgIpc) is 3.65. The Bertz CT molecular complexity index is 2390. The molecule has 10 rings (SSSR count). The highest BCUT2D eigenvalue weighted by atomic mass is 15.2. The first-order valence-electron chi connectivity index (χ1n) is 20.2.